The zero-order chi connectivity index (χ0) is 15.8. The van der Waals surface area contributed by atoms with E-state index in [2.05, 4.69) is 65.5 Å². The molecule has 4 heteroatoms. The standard InChI is InChI=1S/C19H22N4/c1-14-7-8-16-15(13-14)19(23-11-9-22(2)10-12-23)21-18-6-4-3-5-17(18)20-16/h3-8,13,20H,9-12H2,1-2H3. The second-order valence-electron chi connectivity index (χ2n) is 6.42. The molecule has 23 heavy (non-hydrogen) atoms. The molecule has 2 aromatic rings. The van der Waals surface area contributed by atoms with E-state index in [0.29, 0.717) is 0 Å². The number of hydrogen-bond donors (Lipinski definition) is 1. The summed E-state index contributed by atoms with van der Waals surface area (Å²) in [7, 11) is 2.18. The monoisotopic (exact) mass is 306 g/mol. The molecule has 0 unspecified atom stereocenters. The van der Waals surface area contributed by atoms with Crippen LogP contribution in [0.15, 0.2) is 47.5 Å². The number of rotatable bonds is 0. The van der Waals surface area contributed by atoms with Gasteiger partial charge in [0.1, 0.15) is 5.84 Å². The van der Waals surface area contributed by atoms with Crippen molar-refractivity contribution in [2.24, 2.45) is 4.99 Å². The van der Waals surface area contributed by atoms with E-state index < -0.39 is 0 Å². The molecule has 1 saturated heterocycles. The van der Waals surface area contributed by atoms with Gasteiger partial charge in [-0.1, -0.05) is 23.8 Å². The van der Waals surface area contributed by atoms with E-state index >= 15 is 0 Å². The van der Waals surface area contributed by atoms with Crippen LogP contribution in [0.4, 0.5) is 17.1 Å². The van der Waals surface area contributed by atoms with E-state index in [4.69, 9.17) is 4.99 Å². The van der Waals surface area contributed by atoms with Gasteiger partial charge < -0.3 is 15.1 Å². The first-order valence-electron chi connectivity index (χ1n) is 8.20. The molecule has 4 rings (SSSR count). The third-order valence-electron chi connectivity index (χ3n) is 4.62. The SMILES string of the molecule is Cc1ccc2c(c1)C(N1CCN(C)CC1)=Nc1ccccc1N2. The van der Waals surface area contributed by atoms with Gasteiger partial charge in [-0.25, -0.2) is 4.99 Å². The summed E-state index contributed by atoms with van der Waals surface area (Å²) in [5, 5.41) is 3.56. The quantitative estimate of drug-likeness (QED) is 0.809. The normalized spacial score (nSPS) is 17.7. The van der Waals surface area contributed by atoms with Crippen LogP contribution in [0.1, 0.15) is 11.1 Å². The van der Waals surface area contributed by atoms with E-state index in [0.717, 1.165) is 49.1 Å². The van der Waals surface area contributed by atoms with Crippen molar-refractivity contribution in [1.82, 2.24) is 9.80 Å². The lowest BCUT2D eigenvalue weighted by Crippen LogP contribution is -2.47. The van der Waals surface area contributed by atoms with E-state index in [1.807, 2.05) is 6.07 Å². The summed E-state index contributed by atoms with van der Waals surface area (Å²) in [5.41, 5.74) is 5.68. The van der Waals surface area contributed by atoms with E-state index in [1.54, 1.807) is 0 Å². The number of anilines is 2. The summed E-state index contributed by atoms with van der Waals surface area (Å²) in [6.45, 7) is 6.33. The summed E-state index contributed by atoms with van der Waals surface area (Å²) in [6.07, 6.45) is 0. The van der Waals surface area contributed by atoms with Crippen LogP contribution in [-0.4, -0.2) is 48.9 Å². The number of aryl methyl sites for hydroxylation is 1. The highest BCUT2D eigenvalue weighted by Crippen LogP contribution is 2.35. The van der Waals surface area contributed by atoms with E-state index in [1.165, 1.54) is 11.1 Å². The Kier molecular flexibility index (Phi) is 3.54. The van der Waals surface area contributed by atoms with Gasteiger partial charge in [-0.3, -0.25) is 0 Å². The Balaban J connectivity index is 1.84. The maximum atomic E-state index is 5.03. The minimum atomic E-state index is 1.01. The van der Waals surface area contributed by atoms with Crippen molar-refractivity contribution in [3.63, 3.8) is 0 Å². The van der Waals surface area contributed by atoms with Crippen LogP contribution >= 0.6 is 0 Å². The zero-order valence-corrected chi connectivity index (χ0v) is 13.7. The number of likely N-dealkylation sites (N-methyl/N-ethyl adjacent to an activating group) is 1. The van der Waals surface area contributed by atoms with Crippen LogP contribution in [0.5, 0.6) is 0 Å². The highest BCUT2D eigenvalue weighted by molar-refractivity contribution is 6.07. The lowest BCUT2D eigenvalue weighted by molar-refractivity contribution is 0.216. The average Bonchev–Trinajstić information content (AvgIpc) is 2.72. The van der Waals surface area contributed by atoms with Crippen LogP contribution in [0.2, 0.25) is 0 Å². The third-order valence-corrected chi connectivity index (χ3v) is 4.62. The molecule has 1 fully saturated rings. The fraction of sp³-hybridized carbons (Fsp3) is 0.316. The molecular formula is C19H22N4. The summed E-state index contributed by atoms with van der Waals surface area (Å²) in [6, 6.07) is 14.8. The third kappa shape index (κ3) is 2.70. The van der Waals surface area contributed by atoms with E-state index in [-0.39, 0.29) is 0 Å². The molecule has 118 valence electrons. The van der Waals surface area contributed by atoms with Crippen LogP contribution in [0.25, 0.3) is 0 Å². The Morgan fingerprint density at radius 1 is 0.957 bits per heavy atom. The second-order valence-corrected chi connectivity index (χ2v) is 6.42. The van der Waals surface area contributed by atoms with Crippen molar-refractivity contribution >= 4 is 22.9 Å². The molecule has 0 amide bonds. The Labute approximate surface area is 137 Å². The Morgan fingerprint density at radius 2 is 1.74 bits per heavy atom. The van der Waals surface area contributed by atoms with E-state index in [9.17, 15) is 0 Å². The summed E-state index contributed by atoms with van der Waals surface area (Å²) in [4.78, 5) is 9.82. The van der Waals surface area contributed by atoms with Crippen molar-refractivity contribution < 1.29 is 0 Å². The molecule has 2 aromatic carbocycles. The number of nitrogens with zero attached hydrogens (tertiary/aromatic N) is 3. The molecule has 0 atom stereocenters. The summed E-state index contributed by atoms with van der Waals surface area (Å²) in [5.74, 6) is 1.09. The number of hydrogen-bond acceptors (Lipinski definition) is 4. The molecule has 2 aliphatic rings. The van der Waals surface area contributed by atoms with Gasteiger partial charge in [0.2, 0.25) is 0 Å². The lowest BCUT2D eigenvalue weighted by atomic mass is 10.1. The zero-order valence-electron chi connectivity index (χ0n) is 13.7. The molecule has 2 heterocycles. The smallest absolute Gasteiger partial charge is 0.138 e. The van der Waals surface area contributed by atoms with Crippen molar-refractivity contribution in [1.29, 1.82) is 0 Å². The molecule has 0 saturated carbocycles. The van der Waals surface area contributed by atoms with Gasteiger partial charge >= 0.3 is 0 Å². The molecule has 0 spiro atoms. The lowest BCUT2D eigenvalue weighted by Gasteiger charge is -2.34. The Morgan fingerprint density at radius 3 is 2.57 bits per heavy atom. The van der Waals surface area contributed by atoms with Crippen molar-refractivity contribution in [3.05, 3.63) is 53.6 Å². The summed E-state index contributed by atoms with van der Waals surface area (Å²) < 4.78 is 0. The first-order chi connectivity index (χ1) is 11.2. The predicted octanol–water partition coefficient (Wildman–Crippen LogP) is 3.38. The van der Waals surface area contributed by atoms with Gasteiger partial charge in [0.15, 0.2) is 0 Å². The molecule has 0 bridgehead atoms. The molecule has 0 aliphatic carbocycles. The molecule has 4 nitrogen and oxygen atoms in total. The minimum Gasteiger partial charge on any atom is -0.353 e. The number of aliphatic imine (C=N–C) groups is 1. The first-order valence-corrected chi connectivity index (χ1v) is 8.20. The summed E-state index contributed by atoms with van der Waals surface area (Å²) >= 11 is 0. The number of piperazine rings is 1. The van der Waals surface area contributed by atoms with Crippen LogP contribution in [0.3, 0.4) is 0 Å². The first kappa shape index (κ1) is 14.3. The largest absolute Gasteiger partial charge is 0.353 e. The molecule has 0 aromatic heterocycles. The molecule has 2 aliphatic heterocycles. The van der Waals surface area contributed by atoms with Gasteiger partial charge in [0.05, 0.1) is 11.4 Å². The number of nitrogens with one attached hydrogen (secondary N) is 1. The molecular weight excluding hydrogens is 284 g/mol. The van der Waals surface area contributed by atoms with Gasteiger partial charge in [-0.15, -0.1) is 0 Å². The number of fused-ring (bicyclic) bond motifs is 2. The van der Waals surface area contributed by atoms with Crippen molar-refractivity contribution in [2.75, 3.05) is 38.5 Å². The fourth-order valence-electron chi connectivity index (χ4n) is 3.21. The highest BCUT2D eigenvalue weighted by atomic mass is 15.3. The fourth-order valence-corrected chi connectivity index (χ4v) is 3.21. The second kappa shape index (κ2) is 5.70. The predicted molar refractivity (Wildman–Crippen MR) is 96.2 cm³/mol. The highest BCUT2D eigenvalue weighted by Gasteiger charge is 2.23. The molecule has 1 N–H and O–H groups in total. The Bertz CT molecular complexity index is 758. The van der Waals surface area contributed by atoms with Gasteiger partial charge in [-0.2, -0.15) is 0 Å². The topological polar surface area (TPSA) is 30.9 Å². The van der Waals surface area contributed by atoms with Crippen LogP contribution in [0, 0.1) is 6.92 Å². The van der Waals surface area contributed by atoms with Crippen LogP contribution in [-0.2, 0) is 0 Å². The van der Waals surface area contributed by atoms with Gasteiger partial charge in [0, 0.05) is 37.4 Å². The maximum Gasteiger partial charge on any atom is 0.138 e. The van der Waals surface area contributed by atoms with Gasteiger partial charge in [-0.05, 0) is 38.2 Å². The maximum absolute atomic E-state index is 5.03. The number of benzene rings is 2. The molecule has 0 radical (unpaired) electrons. The number of amidine groups is 1. The Hall–Kier alpha value is -2.33. The van der Waals surface area contributed by atoms with Gasteiger partial charge in [0.25, 0.3) is 0 Å². The van der Waals surface area contributed by atoms with Crippen molar-refractivity contribution in [3.8, 4) is 0 Å². The van der Waals surface area contributed by atoms with Crippen LogP contribution < -0.4 is 5.32 Å². The number of para-hydroxylation sites is 2. The van der Waals surface area contributed by atoms with Crippen molar-refractivity contribution in [2.45, 2.75) is 6.92 Å². The minimum absolute atomic E-state index is 1.01. The average molecular weight is 306 g/mol.